The molecule has 2 aliphatic heterocycles. The van der Waals surface area contributed by atoms with Crippen LogP contribution in [-0.2, 0) is 4.79 Å². The quantitative estimate of drug-likeness (QED) is 0.664. The number of amides is 1. The van der Waals surface area contributed by atoms with Crippen LogP contribution in [0.1, 0.15) is 29.6 Å². The van der Waals surface area contributed by atoms with Crippen LogP contribution >= 0.6 is 0 Å². The average molecular weight is 361 g/mol. The number of hydrogen-bond acceptors (Lipinski definition) is 6. The summed E-state index contributed by atoms with van der Waals surface area (Å²) in [7, 11) is 0. The number of nitrogens with one attached hydrogen (secondary N) is 2. The first kappa shape index (κ1) is 18.6. The molecule has 0 saturated carbocycles. The molecule has 1 aromatic rings. The predicted octanol–water partition coefficient (Wildman–Crippen LogP) is 0.160. The number of piperidine rings is 1. The number of anilines is 1. The molecule has 2 aliphatic rings. The number of rotatable bonds is 6. The fourth-order valence-corrected chi connectivity index (χ4v) is 3.58. The fraction of sp³-hybridized carbons (Fsp3) is 0.611. The van der Waals surface area contributed by atoms with Gasteiger partial charge in [-0.2, -0.15) is 0 Å². The van der Waals surface area contributed by atoms with Crippen LogP contribution in [-0.4, -0.2) is 78.7 Å². The number of carbonyl (C=O) groups excluding carboxylic acids is 1. The van der Waals surface area contributed by atoms with E-state index in [1.54, 1.807) is 12.3 Å². The topological polar surface area (TPSA) is 97.8 Å². The van der Waals surface area contributed by atoms with E-state index >= 15 is 0 Å². The smallest absolute Gasteiger partial charge is 0.305 e. The number of hydrogen-bond donors (Lipinski definition) is 3. The van der Waals surface area contributed by atoms with Crippen LogP contribution in [0.2, 0.25) is 0 Å². The van der Waals surface area contributed by atoms with Gasteiger partial charge in [0.15, 0.2) is 0 Å². The molecule has 0 unspecified atom stereocenters. The maximum Gasteiger partial charge on any atom is 0.305 e. The zero-order chi connectivity index (χ0) is 18.4. The van der Waals surface area contributed by atoms with Crippen molar-refractivity contribution in [2.24, 2.45) is 0 Å². The van der Waals surface area contributed by atoms with Gasteiger partial charge in [0.1, 0.15) is 5.82 Å². The first-order valence-corrected chi connectivity index (χ1v) is 9.29. The van der Waals surface area contributed by atoms with Crippen molar-refractivity contribution in [1.29, 1.82) is 0 Å². The molecule has 0 aromatic carbocycles. The Kier molecular flexibility index (Phi) is 6.40. The van der Waals surface area contributed by atoms with Gasteiger partial charge >= 0.3 is 5.97 Å². The number of aromatic nitrogens is 1. The Balaban J connectivity index is 1.48. The summed E-state index contributed by atoms with van der Waals surface area (Å²) in [6.07, 6.45) is 3.93. The number of piperazine rings is 1. The van der Waals surface area contributed by atoms with Crippen LogP contribution in [0, 0.1) is 0 Å². The molecule has 2 saturated heterocycles. The number of carbonyl (C=O) groups is 2. The summed E-state index contributed by atoms with van der Waals surface area (Å²) >= 11 is 0. The van der Waals surface area contributed by atoms with Crippen molar-refractivity contribution in [3.8, 4) is 0 Å². The summed E-state index contributed by atoms with van der Waals surface area (Å²) in [5, 5.41) is 14.6. The lowest BCUT2D eigenvalue weighted by molar-refractivity contribution is -0.136. The molecule has 0 radical (unpaired) electrons. The van der Waals surface area contributed by atoms with E-state index in [9.17, 15) is 9.59 Å². The first-order valence-electron chi connectivity index (χ1n) is 9.29. The summed E-state index contributed by atoms with van der Waals surface area (Å²) in [6.45, 7) is 6.33. The third-order valence-corrected chi connectivity index (χ3v) is 5.10. The maximum atomic E-state index is 12.0. The number of carboxylic acids is 1. The molecule has 0 bridgehead atoms. The van der Waals surface area contributed by atoms with Gasteiger partial charge < -0.3 is 20.6 Å². The summed E-state index contributed by atoms with van der Waals surface area (Å²) in [6, 6.07) is 4.31. The van der Waals surface area contributed by atoms with Crippen LogP contribution in [0.5, 0.6) is 0 Å². The molecular formula is C18H27N5O3. The Morgan fingerprint density at radius 2 is 1.92 bits per heavy atom. The van der Waals surface area contributed by atoms with Crippen molar-refractivity contribution < 1.29 is 14.7 Å². The zero-order valence-electron chi connectivity index (χ0n) is 15.0. The van der Waals surface area contributed by atoms with Crippen molar-refractivity contribution in [1.82, 2.24) is 20.5 Å². The molecule has 0 aliphatic carbocycles. The summed E-state index contributed by atoms with van der Waals surface area (Å²) in [5.41, 5.74) is 0.451. The van der Waals surface area contributed by atoms with Gasteiger partial charge in [-0.15, -0.1) is 0 Å². The third kappa shape index (κ3) is 4.92. The fourth-order valence-electron chi connectivity index (χ4n) is 3.58. The lowest BCUT2D eigenvalue weighted by atomic mass is 10.0. The second kappa shape index (κ2) is 8.95. The molecule has 0 atom stereocenters. The van der Waals surface area contributed by atoms with Crippen LogP contribution in [0.15, 0.2) is 18.3 Å². The molecule has 3 heterocycles. The highest BCUT2D eigenvalue weighted by Crippen LogP contribution is 2.18. The Morgan fingerprint density at radius 3 is 2.54 bits per heavy atom. The van der Waals surface area contributed by atoms with Crippen LogP contribution in [0.4, 0.5) is 5.82 Å². The zero-order valence-corrected chi connectivity index (χ0v) is 15.0. The van der Waals surface area contributed by atoms with Crippen molar-refractivity contribution >= 4 is 17.7 Å². The molecule has 3 rings (SSSR count). The predicted molar refractivity (Wildman–Crippen MR) is 98.5 cm³/mol. The average Bonchev–Trinajstić information content (AvgIpc) is 2.68. The van der Waals surface area contributed by atoms with Gasteiger partial charge in [0.2, 0.25) is 0 Å². The maximum absolute atomic E-state index is 12.0. The standard InChI is InChI=1S/C18H27N5O3/c24-17(25)5-8-20-18(26)14-1-2-16(21-13-14)23-11-9-22(10-12-23)15-3-6-19-7-4-15/h1-2,13,15,19H,3-12H2,(H,20,26)(H,24,25). The van der Waals surface area contributed by atoms with Gasteiger partial charge in [-0.05, 0) is 38.1 Å². The van der Waals surface area contributed by atoms with E-state index in [2.05, 4.69) is 25.4 Å². The van der Waals surface area contributed by atoms with Gasteiger partial charge in [0.25, 0.3) is 5.91 Å². The van der Waals surface area contributed by atoms with Crippen LogP contribution < -0.4 is 15.5 Å². The first-order chi connectivity index (χ1) is 12.6. The summed E-state index contributed by atoms with van der Waals surface area (Å²) in [4.78, 5) is 31.7. The van der Waals surface area contributed by atoms with Gasteiger partial charge in [-0.3, -0.25) is 14.5 Å². The minimum absolute atomic E-state index is 0.0847. The Bertz CT molecular complexity index is 608. The molecule has 8 nitrogen and oxygen atoms in total. The van der Waals surface area contributed by atoms with Crippen molar-refractivity contribution in [2.45, 2.75) is 25.3 Å². The van der Waals surface area contributed by atoms with E-state index in [1.165, 1.54) is 12.8 Å². The van der Waals surface area contributed by atoms with Gasteiger partial charge in [-0.25, -0.2) is 4.98 Å². The minimum atomic E-state index is -0.928. The van der Waals surface area contributed by atoms with Crippen molar-refractivity contribution in [3.05, 3.63) is 23.9 Å². The number of nitrogens with zero attached hydrogens (tertiary/aromatic N) is 3. The Labute approximate surface area is 153 Å². The highest BCUT2D eigenvalue weighted by Gasteiger charge is 2.25. The van der Waals surface area contributed by atoms with E-state index in [-0.39, 0.29) is 18.9 Å². The summed E-state index contributed by atoms with van der Waals surface area (Å²) in [5.74, 6) is -0.333. The number of pyridine rings is 1. The Morgan fingerprint density at radius 1 is 1.19 bits per heavy atom. The molecule has 1 amide bonds. The van der Waals surface area contributed by atoms with Gasteiger partial charge in [-0.1, -0.05) is 0 Å². The second-order valence-corrected chi connectivity index (χ2v) is 6.81. The largest absolute Gasteiger partial charge is 0.481 e. The normalized spacial score (nSPS) is 19.3. The van der Waals surface area contributed by atoms with Crippen LogP contribution in [0.3, 0.4) is 0 Å². The molecule has 142 valence electrons. The molecular weight excluding hydrogens is 334 g/mol. The van der Waals surface area contributed by atoms with Gasteiger partial charge in [0.05, 0.1) is 12.0 Å². The van der Waals surface area contributed by atoms with Crippen LogP contribution in [0.25, 0.3) is 0 Å². The lowest BCUT2D eigenvalue weighted by Gasteiger charge is -2.41. The van der Waals surface area contributed by atoms with Crippen molar-refractivity contribution in [2.75, 3.05) is 50.7 Å². The highest BCUT2D eigenvalue weighted by atomic mass is 16.4. The van der Waals surface area contributed by atoms with E-state index in [1.807, 2.05) is 6.07 Å². The lowest BCUT2D eigenvalue weighted by Crippen LogP contribution is -2.53. The molecule has 1 aromatic heterocycles. The number of carboxylic acid groups (broad SMARTS) is 1. The Hall–Kier alpha value is -2.19. The monoisotopic (exact) mass is 361 g/mol. The van der Waals surface area contributed by atoms with E-state index in [0.717, 1.165) is 45.1 Å². The second-order valence-electron chi connectivity index (χ2n) is 6.81. The van der Waals surface area contributed by atoms with E-state index in [4.69, 9.17) is 5.11 Å². The molecule has 0 spiro atoms. The van der Waals surface area contributed by atoms with E-state index in [0.29, 0.717) is 11.6 Å². The SMILES string of the molecule is O=C(O)CCNC(=O)c1ccc(N2CCN(C3CCNCC3)CC2)nc1. The molecule has 26 heavy (non-hydrogen) atoms. The molecule has 8 heteroatoms. The summed E-state index contributed by atoms with van der Waals surface area (Å²) < 4.78 is 0. The minimum Gasteiger partial charge on any atom is -0.481 e. The number of aliphatic carboxylic acids is 1. The molecule has 3 N–H and O–H groups in total. The van der Waals surface area contributed by atoms with E-state index < -0.39 is 5.97 Å². The van der Waals surface area contributed by atoms with Crippen molar-refractivity contribution in [3.63, 3.8) is 0 Å². The molecule has 2 fully saturated rings. The highest BCUT2D eigenvalue weighted by molar-refractivity contribution is 5.94. The van der Waals surface area contributed by atoms with Gasteiger partial charge in [0, 0.05) is 45.0 Å². The third-order valence-electron chi connectivity index (χ3n) is 5.10.